The Balaban J connectivity index is 2.83. The highest BCUT2D eigenvalue weighted by atomic mass is 16.2. The molecule has 0 bridgehead atoms. The molecule has 1 amide bonds. The average molecular weight is 267 g/mol. The van der Waals surface area contributed by atoms with Crippen molar-refractivity contribution in [2.45, 2.75) is 32.7 Å². The zero-order valence-electron chi connectivity index (χ0n) is 12.7. The Kier molecular flexibility index (Phi) is 4.57. The Labute approximate surface area is 114 Å². The summed E-state index contributed by atoms with van der Waals surface area (Å²) in [5.74, 6) is -0.179. The van der Waals surface area contributed by atoms with Crippen LogP contribution in [0.3, 0.4) is 0 Å². The fraction of sp³-hybridized carbons (Fsp3) is 0.692. The van der Waals surface area contributed by atoms with Gasteiger partial charge in [0.15, 0.2) is 0 Å². The zero-order valence-corrected chi connectivity index (χ0v) is 12.7. The minimum Gasteiger partial charge on any atom is -0.395 e. The van der Waals surface area contributed by atoms with Crippen molar-refractivity contribution in [2.75, 3.05) is 26.4 Å². The first-order chi connectivity index (χ1) is 8.70. The van der Waals surface area contributed by atoms with Gasteiger partial charge in [-0.1, -0.05) is 6.92 Å². The Morgan fingerprint density at radius 1 is 1.47 bits per heavy atom. The Bertz CT molecular complexity index is 462. The quantitative estimate of drug-likeness (QED) is 0.820. The number of nitrogens with two attached hydrogens (primary N) is 1. The summed E-state index contributed by atoms with van der Waals surface area (Å²) in [4.78, 5) is 14.3. The van der Waals surface area contributed by atoms with Crippen molar-refractivity contribution in [1.82, 2.24) is 20.0 Å². The van der Waals surface area contributed by atoms with Gasteiger partial charge in [0, 0.05) is 19.1 Å². The van der Waals surface area contributed by atoms with Crippen molar-refractivity contribution >= 4 is 11.6 Å². The molecule has 1 heterocycles. The van der Waals surface area contributed by atoms with Crippen molar-refractivity contribution < 1.29 is 4.79 Å². The Morgan fingerprint density at radius 3 is 2.47 bits per heavy atom. The minimum absolute atomic E-state index is 0.114. The molecule has 3 N–H and O–H groups in total. The van der Waals surface area contributed by atoms with E-state index in [2.05, 4.69) is 29.2 Å². The zero-order chi connectivity index (χ0) is 14.8. The Morgan fingerprint density at radius 2 is 2.05 bits per heavy atom. The highest BCUT2D eigenvalue weighted by Gasteiger charge is 2.24. The molecule has 0 radical (unpaired) electrons. The monoisotopic (exact) mass is 267 g/mol. The van der Waals surface area contributed by atoms with Crippen LogP contribution in [0.4, 0.5) is 5.69 Å². The lowest BCUT2D eigenvalue weighted by Crippen LogP contribution is -2.48. The summed E-state index contributed by atoms with van der Waals surface area (Å²) in [5, 5.41) is 7.17. The van der Waals surface area contributed by atoms with Gasteiger partial charge in [-0.2, -0.15) is 5.10 Å². The molecule has 6 heteroatoms. The van der Waals surface area contributed by atoms with E-state index in [1.807, 2.05) is 21.0 Å². The number of nitrogen functional groups attached to an aromatic ring is 1. The van der Waals surface area contributed by atoms with Crippen LogP contribution in [0.2, 0.25) is 0 Å². The predicted molar refractivity (Wildman–Crippen MR) is 77.1 cm³/mol. The van der Waals surface area contributed by atoms with Crippen LogP contribution < -0.4 is 11.1 Å². The maximum Gasteiger partial charge on any atom is 0.271 e. The van der Waals surface area contributed by atoms with E-state index in [-0.39, 0.29) is 11.4 Å². The van der Waals surface area contributed by atoms with Crippen LogP contribution in [0.5, 0.6) is 0 Å². The van der Waals surface area contributed by atoms with E-state index in [4.69, 9.17) is 5.73 Å². The molecule has 0 aliphatic carbocycles. The normalized spacial score (nSPS) is 11.9. The molecule has 1 aromatic heterocycles. The summed E-state index contributed by atoms with van der Waals surface area (Å²) < 4.78 is 1.55. The fourth-order valence-corrected chi connectivity index (χ4v) is 1.66. The number of hydrogen-bond donors (Lipinski definition) is 2. The maximum atomic E-state index is 12.2. The fourth-order valence-electron chi connectivity index (χ4n) is 1.66. The van der Waals surface area contributed by atoms with Crippen LogP contribution in [0.1, 0.15) is 37.0 Å². The molecule has 108 valence electrons. The lowest BCUT2D eigenvalue weighted by molar-refractivity contribution is 0.0911. The van der Waals surface area contributed by atoms with Crippen molar-refractivity contribution in [1.29, 1.82) is 0 Å². The van der Waals surface area contributed by atoms with Gasteiger partial charge in [0.2, 0.25) is 0 Å². The van der Waals surface area contributed by atoms with Gasteiger partial charge in [-0.15, -0.1) is 0 Å². The van der Waals surface area contributed by atoms with Gasteiger partial charge in [-0.3, -0.25) is 9.48 Å². The van der Waals surface area contributed by atoms with E-state index in [1.165, 1.54) is 0 Å². The van der Waals surface area contributed by atoms with Crippen LogP contribution >= 0.6 is 0 Å². The largest absolute Gasteiger partial charge is 0.395 e. The summed E-state index contributed by atoms with van der Waals surface area (Å²) >= 11 is 0. The minimum atomic E-state index is -0.179. The summed E-state index contributed by atoms with van der Waals surface area (Å²) in [7, 11) is 5.71. The highest BCUT2D eigenvalue weighted by molar-refractivity contribution is 5.98. The van der Waals surface area contributed by atoms with E-state index in [9.17, 15) is 4.79 Å². The average Bonchev–Trinajstić information content (AvgIpc) is 2.61. The van der Waals surface area contributed by atoms with Gasteiger partial charge >= 0.3 is 0 Å². The number of amides is 1. The smallest absolute Gasteiger partial charge is 0.271 e. The second-order valence-electron chi connectivity index (χ2n) is 5.58. The van der Waals surface area contributed by atoms with Gasteiger partial charge in [0.05, 0.1) is 11.4 Å². The van der Waals surface area contributed by atoms with Crippen molar-refractivity contribution in [3.05, 3.63) is 11.4 Å². The third kappa shape index (κ3) is 3.26. The topological polar surface area (TPSA) is 76.2 Å². The maximum absolute atomic E-state index is 12.2. The number of hydrogen-bond acceptors (Lipinski definition) is 4. The number of likely N-dealkylation sites (N-methyl/N-ethyl adjacent to an activating group) is 1. The van der Waals surface area contributed by atoms with Gasteiger partial charge in [0.1, 0.15) is 5.69 Å². The van der Waals surface area contributed by atoms with Crippen LogP contribution in [-0.4, -0.2) is 46.8 Å². The van der Waals surface area contributed by atoms with Gasteiger partial charge in [0.25, 0.3) is 5.91 Å². The second-order valence-corrected chi connectivity index (χ2v) is 5.58. The number of rotatable bonds is 5. The molecule has 0 aromatic carbocycles. The third-order valence-electron chi connectivity index (χ3n) is 3.60. The molecule has 0 fully saturated rings. The van der Waals surface area contributed by atoms with E-state index >= 15 is 0 Å². The molecule has 0 atom stereocenters. The summed E-state index contributed by atoms with van der Waals surface area (Å²) in [5.41, 5.74) is 7.52. The van der Waals surface area contributed by atoms with E-state index < -0.39 is 0 Å². The molecule has 1 aromatic rings. The molecular weight excluding hydrogens is 242 g/mol. The molecule has 0 aliphatic heterocycles. The molecule has 0 spiro atoms. The standard InChI is InChI=1S/C13H25N5O/c1-7-9-10(14)11(18(6)16-9)12(19)15-8-13(2,3)17(4)5/h7-8,14H2,1-6H3,(H,15,19). The molecule has 6 nitrogen and oxygen atoms in total. The first-order valence-electron chi connectivity index (χ1n) is 6.47. The number of nitrogens with zero attached hydrogens (tertiary/aromatic N) is 3. The number of nitrogens with one attached hydrogen (secondary N) is 1. The van der Waals surface area contributed by atoms with Crippen LogP contribution in [0.25, 0.3) is 0 Å². The Hall–Kier alpha value is -1.56. The van der Waals surface area contributed by atoms with Crippen molar-refractivity contribution in [3.8, 4) is 0 Å². The van der Waals surface area contributed by atoms with Crippen molar-refractivity contribution in [2.24, 2.45) is 7.05 Å². The summed E-state index contributed by atoms with van der Waals surface area (Å²) in [6, 6.07) is 0. The molecular formula is C13H25N5O. The third-order valence-corrected chi connectivity index (χ3v) is 3.60. The van der Waals surface area contributed by atoms with E-state index in [0.717, 1.165) is 12.1 Å². The molecule has 0 saturated carbocycles. The number of carbonyl (C=O) groups is 1. The van der Waals surface area contributed by atoms with Crippen LogP contribution in [0.15, 0.2) is 0 Å². The van der Waals surface area contributed by atoms with Crippen LogP contribution in [0, 0.1) is 0 Å². The SMILES string of the molecule is CCc1nn(C)c(C(=O)NCC(C)(C)N(C)C)c1N. The van der Waals surface area contributed by atoms with Gasteiger partial charge in [-0.25, -0.2) is 0 Å². The van der Waals surface area contributed by atoms with E-state index in [1.54, 1.807) is 11.7 Å². The van der Waals surface area contributed by atoms with Crippen LogP contribution in [-0.2, 0) is 13.5 Å². The first kappa shape index (κ1) is 15.5. The first-order valence-corrected chi connectivity index (χ1v) is 6.47. The number of aromatic nitrogens is 2. The molecule has 19 heavy (non-hydrogen) atoms. The van der Waals surface area contributed by atoms with Gasteiger partial charge in [-0.05, 0) is 34.4 Å². The lowest BCUT2D eigenvalue weighted by Gasteiger charge is -2.32. The van der Waals surface area contributed by atoms with E-state index in [0.29, 0.717) is 17.9 Å². The van der Waals surface area contributed by atoms with Gasteiger partial charge < -0.3 is 16.0 Å². The summed E-state index contributed by atoms with van der Waals surface area (Å²) in [6.45, 7) is 6.65. The molecule has 0 aliphatic rings. The highest BCUT2D eigenvalue weighted by Crippen LogP contribution is 2.17. The molecule has 1 rings (SSSR count). The molecule has 0 saturated heterocycles. The number of aryl methyl sites for hydroxylation is 2. The number of carbonyl (C=O) groups excluding carboxylic acids is 1. The number of anilines is 1. The lowest BCUT2D eigenvalue weighted by atomic mass is 10.0. The molecule has 0 unspecified atom stereocenters. The van der Waals surface area contributed by atoms with Crippen molar-refractivity contribution in [3.63, 3.8) is 0 Å². The predicted octanol–water partition coefficient (Wildman–Crippen LogP) is 0.635. The second kappa shape index (κ2) is 5.61. The summed E-state index contributed by atoms with van der Waals surface area (Å²) in [6.07, 6.45) is 0.718.